The molecule has 0 amide bonds. The van der Waals surface area contributed by atoms with E-state index < -0.39 is 20.0 Å². The van der Waals surface area contributed by atoms with E-state index in [9.17, 15) is 16.8 Å². The van der Waals surface area contributed by atoms with Gasteiger partial charge in [-0.2, -0.15) is 0 Å². The Labute approximate surface area is 219 Å². The number of anilines is 2. The van der Waals surface area contributed by atoms with Crippen LogP contribution in [0.5, 0.6) is 0 Å². The van der Waals surface area contributed by atoms with Crippen LogP contribution in [0.15, 0.2) is 107 Å². The first-order chi connectivity index (χ1) is 17.5. The van der Waals surface area contributed by atoms with Crippen molar-refractivity contribution in [1.29, 1.82) is 0 Å². The SMILES string of the molecule is Cc1ccc(S(=O)(=O)N(C)c2ccccc2Cc2ccccc2N(C)S(=O)(=O)c2ccc(C)cc2)cc1. The summed E-state index contributed by atoms with van der Waals surface area (Å²) in [5.41, 5.74) is 4.53. The fraction of sp³-hybridized carbons (Fsp3) is 0.172. The summed E-state index contributed by atoms with van der Waals surface area (Å²) in [6, 6.07) is 28.0. The van der Waals surface area contributed by atoms with Crippen LogP contribution >= 0.6 is 0 Å². The lowest BCUT2D eigenvalue weighted by Crippen LogP contribution is -2.28. The molecule has 0 radical (unpaired) electrons. The molecule has 0 spiro atoms. The molecule has 0 bridgehead atoms. The van der Waals surface area contributed by atoms with Gasteiger partial charge in [0.15, 0.2) is 0 Å². The van der Waals surface area contributed by atoms with Crippen molar-refractivity contribution >= 4 is 31.4 Å². The molecule has 0 saturated heterocycles. The summed E-state index contributed by atoms with van der Waals surface area (Å²) in [6.45, 7) is 3.81. The van der Waals surface area contributed by atoms with E-state index in [1.165, 1.54) is 22.7 Å². The molecule has 0 aromatic heterocycles. The van der Waals surface area contributed by atoms with Crippen LogP contribution in [0.4, 0.5) is 11.4 Å². The van der Waals surface area contributed by atoms with Crippen LogP contribution in [0.1, 0.15) is 22.3 Å². The van der Waals surface area contributed by atoms with Crippen molar-refractivity contribution in [2.45, 2.75) is 30.1 Å². The number of sulfonamides is 2. The predicted molar refractivity (Wildman–Crippen MR) is 149 cm³/mol. The van der Waals surface area contributed by atoms with Crippen LogP contribution in [0.3, 0.4) is 0 Å². The van der Waals surface area contributed by atoms with Crippen molar-refractivity contribution in [3.05, 3.63) is 119 Å². The van der Waals surface area contributed by atoms with Gasteiger partial charge in [-0.05, 0) is 61.4 Å². The van der Waals surface area contributed by atoms with Crippen LogP contribution in [0.2, 0.25) is 0 Å². The molecule has 8 heteroatoms. The summed E-state index contributed by atoms with van der Waals surface area (Å²) in [5.74, 6) is 0. The summed E-state index contributed by atoms with van der Waals surface area (Å²) in [7, 11) is -4.50. The topological polar surface area (TPSA) is 74.8 Å². The number of aryl methyl sites for hydroxylation is 2. The van der Waals surface area contributed by atoms with Crippen molar-refractivity contribution in [2.24, 2.45) is 0 Å². The minimum Gasteiger partial charge on any atom is -0.269 e. The lowest BCUT2D eigenvalue weighted by Gasteiger charge is -2.25. The minimum absolute atomic E-state index is 0.208. The van der Waals surface area contributed by atoms with Crippen molar-refractivity contribution in [1.82, 2.24) is 0 Å². The molecule has 0 fully saturated rings. The highest BCUT2D eigenvalue weighted by molar-refractivity contribution is 7.93. The van der Waals surface area contributed by atoms with E-state index in [0.717, 1.165) is 22.3 Å². The molecule has 6 nitrogen and oxygen atoms in total. The van der Waals surface area contributed by atoms with Crippen molar-refractivity contribution in [3.63, 3.8) is 0 Å². The summed E-state index contributed by atoms with van der Waals surface area (Å²) in [6.07, 6.45) is 0.341. The highest BCUT2D eigenvalue weighted by Gasteiger charge is 2.25. The molecule has 0 heterocycles. The first-order valence-electron chi connectivity index (χ1n) is 11.8. The van der Waals surface area contributed by atoms with E-state index in [1.807, 2.05) is 38.1 Å². The van der Waals surface area contributed by atoms with Crippen LogP contribution in [0.25, 0.3) is 0 Å². The molecule has 0 aliphatic heterocycles. The highest BCUT2D eigenvalue weighted by atomic mass is 32.2. The molecule has 0 unspecified atom stereocenters. The van der Waals surface area contributed by atoms with Crippen molar-refractivity contribution in [3.8, 4) is 0 Å². The highest BCUT2D eigenvalue weighted by Crippen LogP contribution is 2.32. The monoisotopic (exact) mass is 534 g/mol. The Balaban J connectivity index is 1.70. The standard InChI is InChI=1S/C29H30N2O4S2/c1-22-13-17-26(18-14-22)36(32,33)30(3)28-11-7-5-9-24(28)21-25-10-6-8-12-29(25)31(4)37(34,35)27-19-15-23(2)16-20-27/h5-20H,21H2,1-4H3. The molecular weight excluding hydrogens is 504 g/mol. The third-order valence-electron chi connectivity index (χ3n) is 6.40. The van der Waals surface area contributed by atoms with Gasteiger partial charge >= 0.3 is 0 Å². The number of hydrogen-bond acceptors (Lipinski definition) is 4. The lowest BCUT2D eigenvalue weighted by molar-refractivity contribution is 0.592. The maximum atomic E-state index is 13.4. The number of benzene rings is 4. The fourth-order valence-electron chi connectivity index (χ4n) is 4.14. The van der Waals surface area contributed by atoms with Gasteiger partial charge in [-0.3, -0.25) is 8.61 Å². The van der Waals surface area contributed by atoms with E-state index in [0.29, 0.717) is 17.8 Å². The second-order valence-corrected chi connectivity index (χ2v) is 12.9. The first-order valence-corrected chi connectivity index (χ1v) is 14.7. The van der Waals surface area contributed by atoms with Gasteiger partial charge in [-0.25, -0.2) is 16.8 Å². The van der Waals surface area contributed by atoms with Crippen LogP contribution < -0.4 is 8.61 Å². The van der Waals surface area contributed by atoms with Gasteiger partial charge in [-0.15, -0.1) is 0 Å². The third-order valence-corrected chi connectivity index (χ3v) is 9.97. The van der Waals surface area contributed by atoms with Gasteiger partial charge in [0, 0.05) is 20.5 Å². The fourth-order valence-corrected chi connectivity index (χ4v) is 6.60. The van der Waals surface area contributed by atoms with E-state index in [1.54, 1.807) is 72.8 Å². The van der Waals surface area contributed by atoms with Gasteiger partial charge in [0.2, 0.25) is 0 Å². The molecule has 0 atom stereocenters. The molecule has 0 N–H and O–H groups in total. The second-order valence-electron chi connectivity index (χ2n) is 9.01. The summed E-state index contributed by atoms with van der Waals surface area (Å²) in [4.78, 5) is 0.416. The maximum absolute atomic E-state index is 13.4. The molecule has 37 heavy (non-hydrogen) atoms. The Bertz CT molecular complexity index is 1490. The Kier molecular flexibility index (Phi) is 7.43. The molecule has 192 valence electrons. The van der Waals surface area contributed by atoms with Crippen molar-refractivity contribution < 1.29 is 16.8 Å². The van der Waals surface area contributed by atoms with Crippen molar-refractivity contribution in [2.75, 3.05) is 22.7 Å². The lowest BCUT2D eigenvalue weighted by atomic mass is 10.0. The number of nitrogens with zero attached hydrogens (tertiary/aromatic N) is 2. The van der Waals surface area contributed by atoms with Gasteiger partial charge in [0.25, 0.3) is 20.0 Å². The van der Waals surface area contributed by atoms with Gasteiger partial charge in [0.05, 0.1) is 21.2 Å². The Morgan fingerprint density at radius 2 is 0.838 bits per heavy atom. The van der Waals surface area contributed by atoms with E-state index >= 15 is 0 Å². The van der Waals surface area contributed by atoms with Gasteiger partial charge < -0.3 is 0 Å². The molecule has 4 aromatic rings. The number of hydrogen-bond donors (Lipinski definition) is 0. The molecule has 4 rings (SSSR count). The molecule has 0 aliphatic carbocycles. The Hall–Kier alpha value is -3.62. The average Bonchev–Trinajstić information content (AvgIpc) is 2.89. The van der Waals surface area contributed by atoms with E-state index in [-0.39, 0.29) is 9.79 Å². The quantitative estimate of drug-likeness (QED) is 0.297. The van der Waals surface area contributed by atoms with Gasteiger partial charge in [-0.1, -0.05) is 71.8 Å². The summed E-state index contributed by atoms with van der Waals surface area (Å²) < 4.78 is 56.1. The normalized spacial score (nSPS) is 11.8. The zero-order chi connectivity index (χ0) is 26.8. The summed E-state index contributed by atoms with van der Waals surface area (Å²) in [5, 5.41) is 0. The Morgan fingerprint density at radius 3 is 1.19 bits per heavy atom. The first kappa shape index (κ1) is 26.4. The van der Waals surface area contributed by atoms with Crippen LogP contribution in [-0.2, 0) is 26.5 Å². The number of rotatable bonds is 8. The molecule has 0 saturated carbocycles. The molecule has 0 aliphatic rings. The predicted octanol–water partition coefficient (Wildman–Crippen LogP) is 5.54. The summed E-state index contributed by atoms with van der Waals surface area (Å²) >= 11 is 0. The zero-order valence-corrected chi connectivity index (χ0v) is 22.9. The smallest absolute Gasteiger partial charge is 0.264 e. The minimum atomic E-state index is -3.79. The van der Waals surface area contributed by atoms with E-state index in [4.69, 9.17) is 0 Å². The van der Waals surface area contributed by atoms with Crippen LogP contribution in [0, 0.1) is 13.8 Å². The number of para-hydroxylation sites is 2. The zero-order valence-electron chi connectivity index (χ0n) is 21.3. The van der Waals surface area contributed by atoms with Crippen LogP contribution in [-0.4, -0.2) is 30.9 Å². The Morgan fingerprint density at radius 1 is 0.514 bits per heavy atom. The van der Waals surface area contributed by atoms with E-state index in [2.05, 4.69) is 0 Å². The van der Waals surface area contributed by atoms with Gasteiger partial charge in [0.1, 0.15) is 0 Å². The molecular formula is C29H30N2O4S2. The molecule has 4 aromatic carbocycles. The maximum Gasteiger partial charge on any atom is 0.264 e. The average molecular weight is 535 g/mol. The second kappa shape index (κ2) is 10.4. The third kappa shape index (κ3) is 5.40. The largest absolute Gasteiger partial charge is 0.269 e.